The molecular formula is C9H14N4. The van der Waals surface area contributed by atoms with Crippen LogP contribution in [-0.2, 0) is 6.54 Å². The van der Waals surface area contributed by atoms with Gasteiger partial charge in [-0.3, -0.25) is 0 Å². The third-order valence-corrected chi connectivity index (χ3v) is 3.42. The van der Waals surface area contributed by atoms with Crippen molar-refractivity contribution in [2.45, 2.75) is 31.8 Å². The van der Waals surface area contributed by atoms with Crippen LogP contribution in [0.5, 0.6) is 0 Å². The van der Waals surface area contributed by atoms with Crippen LogP contribution in [0.2, 0.25) is 0 Å². The van der Waals surface area contributed by atoms with Crippen LogP contribution in [0.4, 0.5) is 0 Å². The maximum absolute atomic E-state index is 4.22. The van der Waals surface area contributed by atoms with E-state index in [0.29, 0.717) is 12.0 Å². The Morgan fingerprint density at radius 2 is 2.62 bits per heavy atom. The van der Waals surface area contributed by atoms with Crippen LogP contribution in [0.15, 0.2) is 6.33 Å². The summed E-state index contributed by atoms with van der Waals surface area (Å²) in [7, 11) is 0. The number of aryl methyl sites for hydroxylation is 1. The number of hydrogen-bond acceptors (Lipinski definition) is 3. The first kappa shape index (κ1) is 7.50. The Kier molecular flexibility index (Phi) is 1.47. The molecule has 3 fully saturated rings. The number of rotatable bonds is 2. The van der Waals surface area contributed by atoms with Gasteiger partial charge in [0.25, 0.3) is 0 Å². The highest BCUT2D eigenvalue weighted by atomic mass is 15.3. The Morgan fingerprint density at radius 3 is 3.23 bits per heavy atom. The summed E-state index contributed by atoms with van der Waals surface area (Å²) in [6.45, 7) is 4.30. The van der Waals surface area contributed by atoms with E-state index in [1.165, 1.54) is 18.8 Å². The number of nitrogens with one attached hydrogen (secondary N) is 1. The molecule has 2 saturated heterocycles. The van der Waals surface area contributed by atoms with E-state index in [4.69, 9.17) is 0 Å². The Balaban J connectivity index is 1.92. The van der Waals surface area contributed by atoms with E-state index in [9.17, 15) is 0 Å². The fourth-order valence-corrected chi connectivity index (χ4v) is 2.63. The van der Waals surface area contributed by atoms with Crippen LogP contribution in [0.25, 0.3) is 0 Å². The zero-order chi connectivity index (χ0) is 8.84. The number of hydrogen-bond donors (Lipinski definition) is 1. The smallest absolute Gasteiger partial charge is 0.137 e. The lowest BCUT2D eigenvalue weighted by molar-refractivity contribution is 0.283. The van der Waals surface area contributed by atoms with Gasteiger partial charge in [0, 0.05) is 18.5 Å². The number of nitrogens with zero attached hydrogens (tertiary/aromatic N) is 3. The van der Waals surface area contributed by atoms with E-state index in [1.807, 2.05) is 6.33 Å². The van der Waals surface area contributed by atoms with Crippen LogP contribution < -0.4 is 5.32 Å². The van der Waals surface area contributed by atoms with Gasteiger partial charge in [0.1, 0.15) is 12.2 Å². The Hall–Kier alpha value is -0.900. The van der Waals surface area contributed by atoms with Crippen molar-refractivity contribution in [3.63, 3.8) is 0 Å². The van der Waals surface area contributed by atoms with Gasteiger partial charge in [0.2, 0.25) is 0 Å². The number of aromatic nitrogens is 3. The third-order valence-electron chi connectivity index (χ3n) is 3.42. The molecule has 3 atom stereocenters. The maximum atomic E-state index is 4.22. The average Bonchev–Trinajstić information content (AvgIpc) is 2.77. The van der Waals surface area contributed by atoms with E-state index in [-0.39, 0.29) is 0 Å². The van der Waals surface area contributed by atoms with E-state index >= 15 is 0 Å². The molecular weight excluding hydrogens is 164 g/mol. The van der Waals surface area contributed by atoms with E-state index in [2.05, 4.69) is 27.0 Å². The second-order valence-corrected chi connectivity index (χ2v) is 4.01. The highest BCUT2D eigenvalue weighted by Gasteiger charge is 2.49. The zero-order valence-electron chi connectivity index (χ0n) is 7.77. The molecule has 1 aromatic rings. The van der Waals surface area contributed by atoms with Gasteiger partial charge in [-0.05, 0) is 25.8 Å². The normalized spacial score (nSPS) is 36.2. The fourth-order valence-electron chi connectivity index (χ4n) is 2.63. The molecule has 70 valence electrons. The standard InChI is InChI=1S/C9H14N4/c1-2-13-5-11-12-9(13)8-6-3-7(8)10-4-6/h5-8,10H,2-4H2,1H3. The quantitative estimate of drug-likeness (QED) is 0.711. The molecule has 1 aromatic heterocycles. The molecule has 3 unspecified atom stereocenters. The molecule has 3 heterocycles. The third kappa shape index (κ3) is 0.892. The largest absolute Gasteiger partial charge is 0.318 e. The van der Waals surface area contributed by atoms with Gasteiger partial charge >= 0.3 is 0 Å². The summed E-state index contributed by atoms with van der Waals surface area (Å²) in [5, 5.41) is 11.7. The van der Waals surface area contributed by atoms with E-state index in [1.54, 1.807) is 0 Å². The molecule has 0 amide bonds. The zero-order valence-corrected chi connectivity index (χ0v) is 7.77. The SMILES string of the molecule is CCn1cnnc1C1C2CNC1C2. The molecule has 0 spiro atoms. The molecule has 2 aliphatic heterocycles. The minimum atomic E-state index is 0.641. The van der Waals surface area contributed by atoms with Crippen molar-refractivity contribution < 1.29 is 0 Å². The summed E-state index contributed by atoms with van der Waals surface area (Å²) in [6.07, 6.45) is 3.17. The van der Waals surface area contributed by atoms with E-state index < -0.39 is 0 Å². The second-order valence-electron chi connectivity index (χ2n) is 4.01. The van der Waals surface area contributed by atoms with Crippen LogP contribution in [0.3, 0.4) is 0 Å². The number of fused-ring (bicyclic) bond motifs is 1. The molecule has 13 heavy (non-hydrogen) atoms. The molecule has 2 bridgehead atoms. The summed E-state index contributed by atoms with van der Waals surface area (Å²) in [6, 6.07) is 0.680. The molecule has 1 aliphatic carbocycles. The Labute approximate surface area is 77.4 Å². The van der Waals surface area contributed by atoms with Crippen molar-refractivity contribution in [2.24, 2.45) is 5.92 Å². The lowest BCUT2D eigenvalue weighted by atomic mass is 9.73. The summed E-state index contributed by atoms with van der Waals surface area (Å²) in [4.78, 5) is 0. The van der Waals surface area contributed by atoms with Crippen molar-refractivity contribution >= 4 is 0 Å². The van der Waals surface area contributed by atoms with Crippen molar-refractivity contribution in [1.82, 2.24) is 20.1 Å². The van der Waals surface area contributed by atoms with Crippen LogP contribution in [-0.4, -0.2) is 27.4 Å². The highest BCUT2D eigenvalue weighted by Crippen LogP contribution is 2.46. The van der Waals surface area contributed by atoms with Gasteiger partial charge in [-0.25, -0.2) is 0 Å². The van der Waals surface area contributed by atoms with Crippen molar-refractivity contribution in [1.29, 1.82) is 0 Å². The van der Waals surface area contributed by atoms with Gasteiger partial charge in [0.15, 0.2) is 0 Å². The molecule has 1 saturated carbocycles. The van der Waals surface area contributed by atoms with Gasteiger partial charge in [-0.2, -0.15) is 0 Å². The Bertz CT molecular complexity index is 305. The van der Waals surface area contributed by atoms with Crippen molar-refractivity contribution in [3.05, 3.63) is 12.2 Å². The summed E-state index contributed by atoms with van der Waals surface area (Å²) in [5.74, 6) is 2.65. The summed E-state index contributed by atoms with van der Waals surface area (Å²) >= 11 is 0. The first-order valence-electron chi connectivity index (χ1n) is 5.01. The monoisotopic (exact) mass is 178 g/mol. The lowest BCUT2D eigenvalue weighted by Gasteiger charge is -2.33. The molecule has 4 rings (SSSR count). The predicted molar refractivity (Wildman–Crippen MR) is 48.3 cm³/mol. The first-order valence-corrected chi connectivity index (χ1v) is 5.01. The minimum absolute atomic E-state index is 0.641. The predicted octanol–water partition coefficient (Wildman–Crippen LogP) is 0.373. The van der Waals surface area contributed by atoms with Crippen LogP contribution in [0.1, 0.15) is 25.1 Å². The lowest BCUT2D eigenvalue weighted by Crippen LogP contribution is -2.36. The van der Waals surface area contributed by atoms with Gasteiger partial charge in [0.05, 0.1) is 0 Å². The molecule has 0 radical (unpaired) electrons. The fraction of sp³-hybridized carbons (Fsp3) is 0.778. The summed E-state index contributed by atoms with van der Waals surface area (Å²) in [5.41, 5.74) is 0. The van der Waals surface area contributed by atoms with Crippen LogP contribution in [0, 0.1) is 5.92 Å². The average molecular weight is 178 g/mol. The van der Waals surface area contributed by atoms with Crippen molar-refractivity contribution in [3.8, 4) is 0 Å². The van der Waals surface area contributed by atoms with Crippen LogP contribution >= 0.6 is 0 Å². The minimum Gasteiger partial charge on any atom is -0.318 e. The first-order chi connectivity index (χ1) is 6.40. The summed E-state index contributed by atoms with van der Waals surface area (Å²) < 4.78 is 2.16. The Morgan fingerprint density at radius 1 is 1.69 bits per heavy atom. The molecule has 3 aliphatic rings. The topological polar surface area (TPSA) is 42.7 Å². The van der Waals surface area contributed by atoms with Gasteiger partial charge in [-0.15, -0.1) is 10.2 Å². The molecule has 4 nitrogen and oxygen atoms in total. The molecule has 4 heteroatoms. The maximum Gasteiger partial charge on any atom is 0.137 e. The van der Waals surface area contributed by atoms with Gasteiger partial charge in [-0.1, -0.05) is 0 Å². The second kappa shape index (κ2) is 2.54. The van der Waals surface area contributed by atoms with E-state index in [0.717, 1.165) is 12.5 Å². The highest BCUT2D eigenvalue weighted by molar-refractivity contribution is 5.17. The molecule has 0 aromatic carbocycles. The van der Waals surface area contributed by atoms with Crippen molar-refractivity contribution in [2.75, 3.05) is 6.54 Å². The molecule has 1 N–H and O–H groups in total. The van der Waals surface area contributed by atoms with Gasteiger partial charge < -0.3 is 9.88 Å².